The zero-order chi connectivity index (χ0) is 20.2. The second kappa shape index (κ2) is 8.68. The van der Waals surface area contributed by atoms with E-state index in [1.165, 1.54) is 37.6 Å². The Morgan fingerprint density at radius 2 is 2.00 bits per heavy atom. The van der Waals surface area contributed by atoms with Crippen molar-refractivity contribution in [2.75, 3.05) is 5.32 Å². The SMILES string of the molecule is CCCCCCCn1ccc2cc(Nc3ncc(C4CC4)cc3C(=O)O)ccc21. The van der Waals surface area contributed by atoms with E-state index in [9.17, 15) is 9.90 Å². The number of hydrogen-bond donors (Lipinski definition) is 2. The maximum atomic E-state index is 11.7. The Balaban J connectivity index is 1.48. The standard InChI is InChI=1S/C24H29N3O2/c1-2-3-4-5-6-12-27-13-11-18-14-20(9-10-22(18)27)26-23-21(24(28)29)15-19(16-25-23)17-7-8-17/h9-11,13-17H,2-8,12H2,1H3,(H,25,26)(H,28,29). The van der Waals surface area contributed by atoms with E-state index >= 15 is 0 Å². The minimum Gasteiger partial charge on any atom is -0.478 e. The van der Waals surface area contributed by atoms with Crippen LogP contribution in [0.15, 0.2) is 42.7 Å². The van der Waals surface area contributed by atoms with Gasteiger partial charge in [-0.1, -0.05) is 32.6 Å². The molecular weight excluding hydrogens is 362 g/mol. The van der Waals surface area contributed by atoms with E-state index in [-0.39, 0.29) is 5.56 Å². The van der Waals surface area contributed by atoms with E-state index in [0.717, 1.165) is 36.0 Å². The van der Waals surface area contributed by atoms with E-state index in [4.69, 9.17) is 0 Å². The number of unbranched alkanes of at least 4 members (excludes halogenated alkanes) is 4. The highest BCUT2D eigenvalue weighted by Gasteiger charge is 2.26. The molecule has 0 bridgehead atoms. The van der Waals surface area contributed by atoms with Crippen molar-refractivity contribution in [1.82, 2.24) is 9.55 Å². The number of rotatable bonds is 10. The van der Waals surface area contributed by atoms with Gasteiger partial charge in [0.25, 0.3) is 0 Å². The van der Waals surface area contributed by atoms with Gasteiger partial charge in [-0.25, -0.2) is 9.78 Å². The zero-order valence-electron chi connectivity index (χ0n) is 17.0. The van der Waals surface area contributed by atoms with Crippen molar-refractivity contribution in [3.63, 3.8) is 0 Å². The lowest BCUT2D eigenvalue weighted by molar-refractivity contribution is 0.0697. The summed E-state index contributed by atoms with van der Waals surface area (Å²) in [6.07, 6.45) is 12.6. The maximum absolute atomic E-state index is 11.7. The van der Waals surface area contributed by atoms with Gasteiger partial charge in [-0.05, 0) is 61.1 Å². The van der Waals surface area contributed by atoms with Crippen molar-refractivity contribution >= 4 is 28.4 Å². The minimum atomic E-state index is -0.946. The molecule has 0 spiro atoms. The van der Waals surface area contributed by atoms with Gasteiger partial charge in [-0.2, -0.15) is 0 Å². The molecule has 0 aliphatic heterocycles. The van der Waals surface area contributed by atoms with E-state index in [0.29, 0.717) is 11.7 Å². The molecule has 0 amide bonds. The Kier molecular flexibility index (Phi) is 5.84. The van der Waals surface area contributed by atoms with Gasteiger partial charge in [-0.3, -0.25) is 0 Å². The fourth-order valence-electron chi connectivity index (χ4n) is 3.88. The van der Waals surface area contributed by atoms with E-state index in [2.05, 4.69) is 46.2 Å². The van der Waals surface area contributed by atoms with Gasteiger partial charge in [0.15, 0.2) is 0 Å². The van der Waals surface area contributed by atoms with Crippen LogP contribution in [0.5, 0.6) is 0 Å². The molecule has 2 N–H and O–H groups in total. The van der Waals surface area contributed by atoms with Gasteiger partial charge in [0.1, 0.15) is 11.4 Å². The number of aryl methyl sites for hydroxylation is 1. The molecule has 1 aliphatic rings. The number of nitrogens with one attached hydrogen (secondary N) is 1. The molecule has 0 atom stereocenters. The third-order valence-corrected chi connectivity index (χ3v) is 5.72. The second-order valence-electron chi connectivity index (χ2n) is 8.07. The summed E-state index contributed by atoms with van der Waals surface area (Å²) in [6, 6.07) is 10.0. The molecule has 5 nitrogen and oxygen atoms in total. The number of anilines is 2. The first kappa shape index (κ1) is 19.5. The molecule has 1 saturated carbocycles. The zero-order valence-corrected chi connectivity index (χ0v) is 17.0. The number of nitrogens with zero attached hydrogens (tertiary/aromatic N) is 2. The van der Waals surface area contributed by atoms with Crippen LogP contribution in [0.1, 0.15) is 73.7 Å². The van der Waals surface area contributed by atoms with Crippen LogP contribution in [0.2, 0.25) is 0 Å². The maximum Gasteiger partial charge on any atom is 0.339 e. The van der Waals surface area contributed by atoms with Crippen molar-refractivity contribution in [1.29, 1.82) is 0 Å². The molecule has 1 aliphatic carbocycles. The van der Waals surface area contributed by atoms with E-state index in [1.54, 1.807) is 12.3 Å². The predicted octanol–water partition coefficient (Wildman–Crippen LogP) is 6.33. The fourth-order valence-corrected chi connectivity index (χ4v) is 3.88. The van der Waals surface area contributed by atoms with Crippen LogP contribution in [-0.4, -0.2) is 20.6 Å². The summed E-state index contributed by atoms with van der Waals surface area (Å²) < 4.78 is 2.30. The summed E-state index contributed by atoms with van der Waals surface area (Å²) in [5.41, 5.74) is 3.33. The van der Waals surface area contributed by atoms with Gasteiger partial charge in [0.05, 0.1) is 0 Å². The number of carboxylic acid groups (broad SMARTS) is 1. The molecule has 2 heterocycles. The van der Waals surface area contributed by atoms with Crippen LogP contribution in [0.25, 0.3) is 10.9 Å². The lowest BCUT2D eigenvalue weighted by Gasteiger charge is -2.11. The monoisotopic (exact) mass is 391 g/mol. The molecule has 5 heteroatoms. The average Bonchev–Trinajstić information content (AvgIpc) is 3.49. The van der Waals surface area contributed by atoms with Crippen molar-refractivity contribution in [3.8, 4) is 0 Å². The Morgan fingerprint density at radius 1 is 1.17 bits per heavy atom. The van der Waals surface area contributed by atoms with Crippen LogP contribution in [-0.2, 0) is 6.54 Å². The van der Waals surface area contributed by atoms with Crippen molar-refractivity contribution in [2.45, 2.75) is 64.3 Å². The van der Waals surface area contributed by atoms with Gasteiger partial charge < -0.3 is 15.0 Å². The first-order chi connectivity index (χ1) is 14.2. The number of carbonyl (C=O) groups is 1. The average molecular weight is 392 g/mol. The summed E-state index contributed by atoms with van der Waals surface area (Å²) in [5.74, 6) is -0.0675. The lowest BCUT2D eigenvalue weighted by atomic mass is 10.1. The Morgan fingerprint density at radius 3 is 2.76 bits per heavy atom. The second-order valence-corrected chi connectivity index (χ2v) is 8.07. The molecule has 1 fully saturated rings. The Hall–Kier alpha value is -2.82. The summed E-state index contributed by atoms with van der Waals surface area (Å²) in [7, 11) is 0. The number of carboxylic acids is 1. The quantitative estimate of drug-likeness (QED) is 0.397. The van der Waals surface area contributed by atoms with Crippen LogP contribution in [0, 0.1) is 0 Å². The largest absolute Gasteiger partial charge is 0.478 e. The molecule has 0 radical (unpaired) electrons. The number of pyridine rings is 1. The topological polar surface area (TPSA) is 67.2 Å². The summed E-state index contributed by atoms with van der Waals surface area (Å²) >= 11 is 0. The fraction of sp³-hybridized carbons (Fsp3) is 0.417. The molecule has 1 aromatic carbocycles. The molecule has 2 aromatic heterocycles. The highest BCUT2D eigenvalue weighted by Crippen LogP contribution is 2.40. The van der Waals surface area contributed by atoms with Crippen LogP contribution < -0.4 is 5.32 Å². The summed E-state index contributed by atoms with van der Waals surface area (Å²) in [4.78, 5) is 16.1. The van der Waals surface area contributed by atoms with E-state index < -0.39 is 5.97 Å². The first-order valence-electron chi connectivity index (χ1n) is 10.7. The number of aromatic nitrogens is 2. The lowest BCUT2D eigenvalue weighted by Crippen LogP contribution is -2.06. The number of aromatic carboxylic acids is 1. The third-order valence-electron chi connectivity index (χ3n) is 5.72. The number of fused-ring (bicyclic) bond motifs is 1. The van der Waals surface area contributed by atoms with Gasteiger partial charge in [0.2, 0.25) is 0 Å². The smallest absolute Gasteiger partial charge is 0.339 e. The van der Waals surface area contributed by atoms with Crippen molar-refractivity contribution < 1.29 is 9.90 Å². The van der Waals surface area contributed by atoms with Crippen LogP contribution in [0.3, 0.4) is 0 Å². The van der Waals surface area contributed by atoms with E-state index in [1.807, 2.05) is 6.07 Å². The molecule has 29 heavy (non-hydrogen) atoms. The summed E-state index contributed by atoms with van der Waals surface area (Å²) in [6.45, 7) is 3.27. The Bertz CT molecular complexity index is 1000. The predicted molar refractivity (Wildman–Crippen MR) is 117 cm³/mol. The van der Waals surface area contributed by atoms with Crippen LogP contribution >= 0.6 is 0 Å². The van der Waals surface area contributed by atoms with Gasteiger partial charge >= 0.3 is 5.97 Å². The molecule has 152 valence electrons. The molecule has 3 aromatic rings. The molecule has 0 unspecified atom stereocenters. The normalized spacial score (nSPS) is 13.7. The first-order valence-corrected chi connectivity index (χ1v) is 10.7. The molecule has 4 rings (SSSR count). The molecule has 0 saturated heterocycles. The minimum absolute atomic E-state index is 0.235. The van der Waals surface area contributed by atoms with Crippen LogP contribution in [0.4, 0.5) is 11.5 Å². The highest BCUT2D eigenvalue weighted by molar-refractivity contribution is 5.94. The summed E-state index contributed by atoms with van der Waals surface area (Å²) in [5, 5.41) is 14.0. The number of benzene rings is 1. The van der Waals surface area contributed by atoms with Crippen molar-refractivity contribution in [3.05, 3.63) is 53.9 Å². The number of hydrogen-bond acceptors (Lipinski definition) is 3. The van der Waals surface area contributed by atoms with Gasteiger partial charge in [-0.15, -0.1) is 0 Å². The van der Waals surface area contributed by atoms with Crippen molar-refractivity contribution in [2.24, 2.45) is 0 Å². The highest BCUT2D eigenvalue weighted by atomic mass is 16.4. The van der Waals surface area contributed by atoms with Gasteiger partial charge in [0, 0.05) is 35.5 Å². The Labute approximate surface area is 171 Å². The molecular formula is C24H29N3O2. The third kappa shape index (κ3) is 4.61.